The quantitative estimate of drug-likeness (QED) is 0.599. The van der Waals surface area contributed by atoms with Gasteiger partial charge in [0.05, 0.1) is 0 Å². The SMILES string of the molecule is C[Si](C)(O[Si](C)(C)c1ccccc1C=O)c1ccccc1C=O. The van der Waals surface area contributed by atoms with E-state index < -0.39 is 16.6 Å². The Morgan fingerprint density at radius 3 is 1.39 bits per heavy atom. The van der Waals surface area contributed by atoms with Gasteiger partial charge in [0.1, 0.15) is 12.6 Å². The summed E-state index contributed by atoms with van der Waals surface area (Å²) >= 11 is 0. The molecule has 0 aliphatic rings. The molecule has 3 nitrogen and oxygen atoms in total. The third kappa shape index (κ3) is 3.75. The molecule has 0 saturated carbocycles. The Hall–Kier alpha value is -1.83. The number of carbonyl (C=O) groups is 2. The molecular weight excluding hydrogens is 320 g/mol. The van der Waals surface area contributed by atoms with Crippen LogP contribution in [0.5, 0.6) is 0 Å². The van der Waals surface area contributed by atoms with Crippen molar-refractivity contribution >= 4 is 39.6 Å². The van der Waals surface area contributed by atoms with Crippen LogP contribution in [0.2, 0.25) is 26.2 Å². The van der Waals surface area contributed by atoms with Gasteiger partial charge in [0.25, 0.3) is 0 Å². The van der Waals surface area contributed by atoms with Gasteiger partial charge in [-0.2, -0.15) is 0 Å². The largest absolute Gasteiger partial charge is 0.449 e. The summed E-state index contributed by atoms with van der Waals surface area (Å²) in [4.78, 5) is 22.7. The van der Waals surface area contributed by atoms with Crippen molar-refractivity contribution < 1.29 is 13.7 Å². The predicted molar refractivity (Wildman–Crippen MR) is 99.0 cm³/mol. The number of benzene rings is 2. The van der Waals surface area contributed by atoms with Gasteiger partial charge < -0.3 is 4.12 Å². The number of aldehydes is 2. The summed E-state index contributed by atoms with van der Waals surface area (Å²) in [5.74, 6) is 0. The number of carbonyl (C=O) groups excluding carboxylic acids is 2. The van der Waals surface area contributed by atoms with E-state index in [4.69, 9.17) is 4.12 Å². The molecule has 0 amide bonds. The highest BCUT2D eigenvalue weighted by molar-refractivity contribution is 6.97. The van der Waals surface area contributed by atoms with Gasteiger partial charge in [0.15, 0.2) is 0 Å². The Morgan fingerprint density at radius 1 is 0.696 bits per heavy atom. The van der Waals surface area contributed by atoms with E-state index in [1.807, 2.05) is 48.5 Å². The molecule has 0 fully saturated rings. The van der Waals surface area contributed by atoms with Crippen molar-refractivity contribution in [2.24, 2.45) is 0 Å². The first-order chi connectivity index (χ1) is 10.8. The van der Waals surface area contributed by atoms with Gasteiger partial charge in [0.2, 0.25) is 16.6 Å². The van der Waals surface area contributed by atoms with Crippen LogP contribution in [-0.2, 0) is 4.12 Å². The number of hydrogen-bond acceptors (Lipinski definition) is 3. The zero-order chi connectivity index (χ0) is 17.1. The Labute approximate surface area is 139 Å². The Kier molecular flexibility index (Phi) is 5.14. The molecule has 0 bridgehead atoms. The average Bonchev–Trinajstić information content (AvgIpc) is 2.53. The molecule has 0 atom stereocenters. The molecule has 0 aromatic heterocycles. The molecule has 0 heterocycles. The highest BCUT2D eigenvalue weighted by Gasteiger charge is 2.38. The van der Waals surface area contributed by atoms with E-state index in [0.717, 1.165) is 22.9 Å². The number of hydrogen-bond donors (Lipinski definition) is 0. The fraction of sp³-hybridized carbons (Fsp3) is 0.222. The summed E-state index contributed by atoms with van der Waals surface area (Å²) in [6.07, 6.45) is 1.78. The first-order valence-corrected chi connectivity index (χ1v) is 13.4. The molecule has 0 saturated heterocycles. The lowest BCUT2D eigenvalue weighted by atomic mass is 10.2. The molecule has 5 heteroatoms. The van der Waals surface area contributed by atoms with E-state index >= 15 is 0 Å². The van der Waals surface area contributed by atoms with Crippen LogP contribution in [0.4, 0.5) is 0 Å². The Balaban J connectivity index is 2.42. The Morgan fingerprint density at radius 2 is 1.04 bits per heavy atom. The van der Waals surface area contributed by atoms with E-state index in [1.165, 1.54) is 0 Å². The second-order valence-corrected chi connectivity index (χ2v) is 14.5. The second kappa shape index (κ2) is 6.74. The van der Waals surface area contributed by atoms with Crippen LogP contribution >= 0.6 is 0 Å². The van der Waals surface area contributed by atoms with Crippen molar-refractivity contribution in [3.8, 4) is 0 Å². The summed E-state index contributed by atoms with van der Waals surface area (Å²) in [5, 5.41) is 2.00. The maximum absolute atomic E-state index is 11.3. The minimum absolute atomic E-state index is 0.692. The van der Waals surface area contributed by atoms with Crippen molar-refractivity contribution in [1.29, 1.82) is 0 Å². The molecule has 0 radical (unpaired) electrons. The fourth-order valence-electron chi connectivity index (χ4n) is 3.04. The van der Waals surface area contributed by atoms with Crippen LogP contribution in [0.3, 0.4) is 0 Å². The lowest BCUT2D eigenvalue weighted by Gasteiger charge is -2.35. The molecule has 2 aromatic carbocycles. The molecule has 0 N–H and O–H groups in total. The highest BCUT2D eigenvalue weighted by Crippen LogP contribution is 2.17. The standard InChI is InChI=1S/C18H22O3Si2/c1-22(2,17-11-7-5-9-15(17)13-19)21-23(3,4)18-12-8-6-10-16(18)14-20/h5-14H,1-4H3. The predicted octanol–water partition coefficient (Wildman–Crippen LogP) is 2.85. The Bertz CT molecular complexity index is 662. The number of rotatable bonds is 6. The van der Waals surface area contributed by atoms with E-state index in [9.17, 15) is 9.59 Å². The van der Waals surface area contributed by atoms with Crippen LogP contribution in [0, 0.1) is 0 Å². The molecule has 0 aliphatic carbocycles. The first kappa shape index (κ1) is 17.5. The van der Waals surface area contributed by atoms with Gasteiger partial charge in [-0.3, -0.25) is 9.59 Å². The van der Waals surface area contributed by atoms with Gasteiger partial charge >= 0.3 is 0 Å². The minimum atomic E-state index is -2.28. The van der Waals surface area contributed by atoms with E-state index in [-0.39, 0.29) is 0 Å². The normalized spacial score (nSPS) is 12.0. The minimum Gasteiger partial charge on any atom is -0.449 e. The van der Waals surface area contributed by atoms with Crippen LogP contribution < -0.4 is 10.4 Å². The van der Waals surface area contributed by atoms with Crippen LogP contribution in [0.15, 0.2) is 48.5 Å². The van der Waals surface area contributed by atoms with Gasteiger partial charge in [-0.1, -0.05) is 48.5 Å². The van der Waals surface area contributed by atoms with Crippen LogP contribution in [-0.4, -0.2) is 29.2 Å². The fourth-order valence-corrected chi connectivity index (χ4v) is 11.7. The summed E-state index contributed by atoms with van der Waals surface area (Å²) in [7, 11) is -4.57. The monoisotopic (exact) mass is 342 g/mol. The molecular formula is C18H22O3Si2. The summed E-state index contributed by atoms with van der Waals surface area (Å²) in [5.41, 5.74) is 1.38. The van der Waals surface area contributed by atoms with Crippen LogP contribution in [0.25, 0.3) is 0 Å². The highest BCUT2D eigenvalue weighted by atomic mass is 28.4. The maximum Gasteiger partial charge on any atom is 0.206 e. The molecule has 0 spiro atoms. The molecule has 0 unspecified atom stereocenters. The van der Waals surface area contributed by atoms with Gasteiger partial charge in [-0.25, -0.2) is 0 Å². The van der Waals surface area contributed by atoms with E-state index in [1.54, 1.807) is 0 Å². The first-order valence-electron chi connectivity index (χ1n) is 7.61. The zero-order valence-corrected chi connectivity index (χ0v) is 16.0. The third-order valence-corrected chi connectivity index (χ3v) is 11.6. The average molecular weight is 343 g/mol. The van der Waals surface area contributed by atoms with Gasteiger partial charge in [0, 0.05) is 11.1 Å². The van der Waals surface area contributed by atoms with Gasteiger partial charge in [-0.15, -0.1) is 0 Å². The maximum atomic E-state index is 11.3. The third-order valence-electron chi connectivity index (χ3n) is 3.98. The van der Waals surface area contributed by atoms with Crippen molar-refractivity contribution in [2.75, 3.05) is 0 Å². The molecule has 2 rings (SSSR count). The van der Waals surface area contributed by atoms with Crippen molar-refractivity contribution in [1.82, 2.24) is 0 Å². The topological polar surface area (TPSA) is 43.4 Å². The van der Waals surface area contributed by atoms with E-state index in [0.29, 0.717) is 11.1 Å². The van der Waals surface area contributed by atoms with Crippen LogP contribution in [0.1, 0.15) is 20.7 Å². The smallest absolute Gasteiger partial charge is 0.206 e. The van der Waals surface area contributed by atoms with Gasteiger partial charge in [-0.05, 0) is 36.6 Å². The lowest BCUT2D eigenvalue weighted by molar-refractivity contribution is 0.111. The zero-order valence-electron chi connectivity index (χ0n) is 14.0. The molecule has 2 aromatic rings. The molecule has 120 valence electrons. The lowest BCUT2D eigenvalue weighted by Crippen LogP contribution is -2.59. The van der Waals surface area contributed by atoms with Crippen molar-refractivity contribution in [3.63, 3.8) is 0 Å². The second-order valence-electron chi connectivity index (χ2n) is 6.53. The van der Waals surface area contributed by atoms with Crippen molar-refractivity contribution in [3.05, 3.63) is 59.7 Å². The summed E-state index contributed by atoms with van der Waals surface area (Å²) < 4.78 is 6.64. The summed E-state index contributed by atoms with van der Waals surface area (Å²) in [6, 6.07) is 15.2. The molecule has 0 aliphatic heterocycles. The van der Waals surface area contributed by atoms with E-state index in [2.05, 4.69) is 26.2 Å². The molecule has 23 heavy (non-hydrogen) atoms. The summed E-state index contributed by atoms with van der Waals surface area (Å²) in [6.45, 7) is 8.42. The van der Waals surface area contributed by atoms with Crippen molar-refractivity contribution in [2.45, 2.75) is 26.2 Å².